The number of anilines is 2. The SMILES string of the molecule is CC(=O)NC[C@H]1CN(S(=O)(=O)c2ccc(F)cc2)c2cc(NC(=O)O[C@H]3CCCCC3C(F)(F)F)ccc2O1. The van der Waals surface area contributed by atoms with Crippen LogP contribution >= 0.6 is 0 Å². The van der Waals surface area contributed by atoms with Crippen molar-refractivity contribution in [3.63, 3.8) is 0 Å². The van der Waals surface area contributed by atoms with Crippen LogP contribution in [0.25, 0.3) is 0 Å². The van der Waals surface area contributed by atoms with Gasteiger partial charge < -0.3 is 14.8 Å². The van der Waals surface area contributed by atoms with Gasteiger partial charge in [-0.25, -0.2) is 17.6 Å². The van der Waals surface area contributed by atoms with E-state index < -0.39 is 46.2 Å². The summed E-state index contributed by atoms with van der Waals surface area (Å²) in [4.78, 5) is 23.7. The van der Waals surface area contributed by atoms with Crippen LogP contribution in [0.5, 0.6) is 5.75 Å². The fourth-order valence-electron chi connectivity index (χ4n) is 4.61. The van der Waals surface area contributed by atoms with Crippen molar-refractivity contribution in [2.45, 2.75) is 55.9 Å². The van der Waals surface area contributed by atoms with Crippen LogP contribution in [0.2, 0.25) is 0 Å². The van der Waals surface area contributed by atoms with E-state index in [1.54, 1.807) is 0 Å². The highest BCUT2D eigenvalue weighted by atomic mass is 32.2. The second-order valence-corrected chi connectivity index (χ2v) is 11.2. The van der Waals surface area contributed by atoms with Crippen molar-refractivity contribution in [2.24, 2.45) is 5.92 Å². The first-order chi connectivity index (χ1) is 18.3. The van der Waals surface area contributed by atoms with Crippen LogP contribution < -0.4 is 19.7 Å². The number of rotatable bonds is 6. The van der Waals surface area contributed by atoms with Crippen LogP contribution in [0, 0.1) is 11.7 Å². The quantitative estimate of drug-likeness (QED) is 0.489. The van der Waals surface area contributed by atoms with Crippen molar-refractivity contribution in [1.29, 1.82) is 0 Å². The summed E-state index contributed by atoms with van der Waals surface area (Å²) >= 11 is 0. The first kappa shape index (κ1) is 28.5. The first-order valence-corrected chi connectivity index (χ1v) is 13.7. The van der Waals surface area contributed by atoms with Gasteiger partial charge in [0.25, 0.3) is 10.0 Å². The zero-order valence-corrected chi connectivity index (χ0v) is 21.6. The molecule has 2 aliphatic rings. The summed E-state index contributed by atoms with van der Waals surface area (Å²) in [5, 5.41) is 4.94. The minimum atomic E-state index is -4.50. The summed E-state index contributed by atoms with van der Waals surface area (Å²) in [5.74, 6) is -2.62. The topological polar surface area (TPSA) is 114 Å². The van der Waals surface area contributed by atoms with Gasteiger partial charge in [-0.1, -0.05) is 6.42 Å². The molecular formula is C25H27F4N3O6S. The Kier molecular flexibility index (Phi) is 8.23. The standard InChI is InChI=1S/C25H27F4N3O6S/c1-15(33)30-13-18-14-32(39(35,36)19-9-6-16(26)7-10-19)21-12-17(8-11-23(21)37-18)31-24(34)38-22-5-3-2-4-20(22)25(27,28)29/h6-12,18,20,22H,2-5,13-14H2,1H3,(H,30,33)(H,31,34)/t18-,20?,22-/m0/s1. The molecule has 2 amide bonds. The van der Waals surface area contributed by atoms with Crippen molar-refractivity contribution in [3.8, 4) is 5.75 Å². The molecule has 9 nitrogen and oxygen atoms in total. The van der Waals surface area contributed by atoms with E-state index in [0.29, 0.717) is 12.8 Å². The molecule has 0 bridgehead atoms. The number of carbonyl (C=O) groups is 2. The van der Waals surface area contributed by atoms with Gasteiger partial charge in [0.1, 0.15) is 23.8 Å². The average Bonchev–Trinajstić information content (AvgIpc) is 2.87. The molecular weight excluding hydrogens is 546 g/mol. The molecule has 2 aromatic carbocycles. The average molecular weight is 574 g/mol. The maximum Gasteiger partial charge on any atom is 0.411 e. The number of benzene rings is 2. The molecule has 3 atom stereocenters. The molecule has 2 N–H and O–H groups in total. The summed E-state index contributed by atoms with van der Waals surface area (Å²) in [7, 11) is -4.25. The molecule has 1 unspecified atom stereocenters. The Labute approximate surface area is 222 Å². The van der Waals surface area contributed by atoms with Gasteiger partial charge in [0, 0.05) is 12.6 Å². The lowest BCUT2D eigenvalue weighted by atomic mass is 9.86. The van der Waals surface area contributed by atoms with Gasteiger partial charge in [0.15, 0.2) is 0 Å². The number of ether oxygens (including phenoxy) is 2. The number of amides is 2. The normalized spacial score (nSPS) is 21.4. The Morgan fingerprint density at radius 2 is 1.79 bits per heavy atom. The molecule has 1 fully saturated rings. The molecule has 0 radical (unpaired) electrons. The number of carbonyl (C=O) groups excluding carboxylic acids is 2. The molecule has 1 heterocycles. The monoisotopic (exact) mass is 573 g/mol. The molecule has 4 rings (SSSR count). The third-order valence-corrected chi connectivity index (χ3v) is 8.29. The van der Waals surface area contributed by atoms with Gasteiger partial charge in [-0.15, -0.1) is 0 Å². The Morgan fingerprint density at radius 1 is 1.10 bits per heavy atom. The molecule has 1 aliphatic heterocycles. The Balaban J connectivity index is 1.59. The number of alkyl halides is 3. The van der Waals surface area contributed by atoms with Crippen molar-refractivity contribution in [1.82, 2.24) is 5.32 Å². The number of nitrogens with zero attached hydrogens (tertiary/aromatic N) is 1. The van der Waals surface area contributed by atoms with E-state index in [1.807, 2.05) is 0 Å². The first-order valence-electron chi connectivity index (χ1n) is 12.2. The second-order valence-electron chi connectivity index (χ2n) is 9.35. The van der Waals surface area contributed by atoms with Crippen LogP contribution in [0.1, 0.15) is 32.6 Å². The summed E-state index contributed by atoms with van der Waals surface area (Å²) in [6.45, 7) is 1.07. The van der Waals surface area contributed by atoms with Gasteiger partial charge in [-0.2, -0.15) is 13.2 Å². The van der Waals surface area contributed by atoms with E-state index in [1.165, 1.54) is 25.1 Å². The maximum atomic E-state index is 13.5. The van der Waals surface area contributed by atoms with E-state index in [2.05, 4.69) is 10.6 Å². The molecule has 39 heavy (non-hydrogen) atoms. The van der Waals surface area contributed by atoms with Crippen LogP contribution in [0.4, 0.5) is 33.7 Å². The van der Waals surface area contributed by atoms with Crippen molar-refractivity contribution in [3.05, 3.63) is 48.3 Å². The second kappa shape index (κ2) is 11.3. The Hall–Kier alpha value is -3.55. The van der Waals surface area contributed by atoms with E-state index in [-0.39, 0.29) is 53.9 Å². The highest BCUT2D eigenvalue weighted by molar-refractivity contribution is 7.92. The van der Waals surface area contributed by atoms with E-state index in [9.17, 15) is 35.6 Å². The number of hydrogen-bond donors (Lipinski definition) is 2. The Morgan fingerprint density at radius 3 is 2.46 bits per heavy atom. The number of fused-ring (bicyclic) bond motifs is 1. The number of hydrogen-bond acceptors (Lipinski definition) is 6. The highest BCUT2D eigenvalue weighted by Gasteiger charge is 2.47. The van der Waals surface area contributed by atoms with Crippen LogP contribution in [-0.2, 0) is 19.6 Å². The van der Waals surface area contributed by atoms with Crippen LogP contribution in [-0.4, -0.2) is 51.9 Å². The lowest BCUT2D eigenvalue weighted by molar-refractivity contribution is -0.206. The minimum Gasteiger partial charge on any atom is -0.484 e. The number of sulfonamides is 1. The van der Waals surface area contributed by atoms with Crippen molar-refractivity contribution >= 4 is 33.4 Å². The molecule has 212 valence electrons. The molecule has 14 heteroatoms. The van der Waals surface area contributed by atoms with E-state index in [4.69, 9.17) is 9.47 Å². The smallest absolute Gasteiger partial charge is 0.411 e. The molecule has 1 saturated carbocycles. The van der Waals surface area contributed by atoms with Gasteiger partial charge in [-0.05, 0) is 61.7 Å². The zero-order chi connectivity index (χ0) is 28.4. The molecule has 1 aliphatic carbocycles. The predicted molar refractivity (Wildman–Crippen MR) is 132 cm³/mol. The molecule has 2 aromatic rings. The fraction of sp³-hybridized carbons (Fsp3) is 0.440. The molecule has 0 aromatic heterocycles. The lowest BCUT2D eigenvalue weighted by Crippen LogP contribution is -2.48. The number of nitrogens with one attached hydrogen (secondary N) is 2. The van der Waals surface area contributed by atoms with E-state index in [0.717, 1.165) is 28.6 Å². The Bertz CT molecular complexity index is 1320. The van der Waals surface area contributed by atoms with Crippen LogP contribution in [0.15, 0.2) is 47.4 Å². The van der Waals surface area contributed by atoms with Gasteiger partial charge >= 0.3 is 12.3 Å². The highest BCUT2D eigenvalue weighted by Crippen LogP contribution is 2.41. The lowest BCUT2D eigenvalue weighted by Gasteiger charge is -2.36. The van der Waals surface area contributed by atoms with E-state index >= 15 is 0 Å². The minimum absolute atomic E-state index is 0.00169. The largest absolute Gasteiger partial charge is 0.484 e. The summed E-state index contributed by atoms with van der Waals surface area (Å²) in [5.41, 5.74) is 0.0865. The summed E-state index contributed by atoms with van der Waals surface area (Å²) in [6, 6.07) is 8.25. The summed E-state index contributed by atoms with van der Waals surface area (Å²) < 4.78 is 92.6. The third kappa shape index (κ3) is 6.72. The van der Waals surface area contributed by atoms with Gasteiger partial charge in [-0.3, -0.25) is 14.4 Å². The van der Waals surface area contributed by atoms with Gasteiger partial charge in [0.2, 0.25) is 5.91 Å². The van der Waals surface area contributed by atoms with Crippen molar-refractivity contribution < 1.29 is 45.0 Å². The maximum absolute atomic E-state index is 13.5. The fourth-order valence-corrected chi connectivity index (χ4v) is 6.11. The predicted octanol–water partition coefficient (Wildman–Crippen LogP) is 4.59. The van der Waals surface area contributed by atoms with Crippen molar-refractivity contribution in [2.75, 3.05) is 22.7 Å². The molecule has 0 spiro atoms. The van der Waals surface area contributed by atoms with Gasteiger partial charge in [0.05, 0.1) is 29.6 Å². The number of halogens is 4. The molecule has 0 saturated heterocycles. The van der Waals surface area contributed by atoms with Crippen LogP contribution in [0.3, 0.4) is 0 Å². The summed E-state index contributed by atoms with van der Waals surface area (Å²) in [6.07, 6.45) is -6.88. The third-order valence-electron chi connectivity index (χ3n) is 6.50. The zero-order valence-electron chi connectivity index (χ0n) is 20.8.